The Balaban J connectivity index is 1.99. The van der Waals surface area contributed by atoms with Crippen molar-refractivity contribution in [1.82, 2.24) is 0 Å². The molecule has 0 saturated heterocycles. The van der Waals surface area contributed by atoms with Crippen molar-refractivity contribution in [2.24, 2.45) is 0 Å². The molecule has 2 N–H and O–H groups in total. The van der Waals surface area contributed by atoms with E-state index in [0.717, 1.165) is 10.0 Å². The van der Waals surface area contributed by atoms with Crippen LogP contribution in [0.2, 0.25) is 0 Å². The van der Waals surface area contributed by atoms with Crippen molar-refractivity contribution in [2.75, 3.05) is 0 Å². The number of carbonyl (C=O) groups excluding carboxylic acids is 1. The Labute approximate surface area is 159 Å². The maximum Gasteiger partial charge on any atom is 0.330 e. The first-order valence-corrected chi connectivity index (χ1v) is 8.86. The molecule has 0 bridgehead atoms. The van der Waals surface area contributed by atoms with Gasteiger partial charge in [0.25, 0.3) is 0 Å². The number of Topliss-reactive ketones (excluding diaryl/α,β-unsaturated/α-hetero) is 1. The van der Waals surface area contributed by atoms with Crippen LogP contribution in [0, 0.1) is 0 Å². The van der Waals surface area contributed by atoms with Gasteiger partial charge in [0, 0.05) is 15.6 Å². The van der Waals surface area contributed by atoms with Crippen LogP contribution in [0.25, 0.3) is 0 Å². The average molecular weight is 417 g/mol. The summed E-state index contributed by atoms with van der Waals surface area (Å²) in [5.41, 5.74) is 1.85. The van der Waals surface area contributed by atoms with Gasteiger partial charge in [-0.25, -0.2) is 4.79 Å². The second-order valence-corrected chi connectivity index (χ2v) is 7.04. The maximum absolute atomic E-state index is 12.6. The molecule has 134 valence electrons. The van der Waals surface area contributed by atoms with Gasteiger partial charge in [0.1, 0.15) is 17.6 Å². The van der Waals surface area contributed by atoms with Crippen molar-refractivity contribution in [1.29, 1.82) is 0 Å². The van der Waals surface area contributed by atoms with Crippen molar-refractivity contribution >= 4 is 27.7 Å². The monoisotopic (exact) mass is 416 g/mol. The molecule has 2 aromatic rings. The Morgan fingerprint density at radius 3 is 2.62 bits per heavy atom. The summed E-state index contributed by atoms with van der Waals surface area (Å²) in [4.78, 5) is 23.6. The summed E-state index contributed by atoms with van der Waals surface area (Å²) in [6.07, 6.45) is 1.42. The summed E-state index contributed by atoms with van der Waals surface area (Å²) >= 11 is 3.38. The first-order valence-electron chi connectivity index (χ1n) is 8.07. The number of benzene rings is 2. The lowest BCUT2D eigenvalue weighted by molar-refractivity contribution is -0.132. The highest BCUT2D eigenvalue weighted by Crippen LogP contribution is 2.41. The quantitative estimate of drug-likeness (QED) is 0.719. The molecule has 5 nitrogen and oxygen atoms in total. The number of hydrogen-bond acceptors (Lipinski definition) is 4. The van der Waals surface area contributed by atoms with Gasteiger partial charge < -0.3 is 14.9 Å². The highest BCUT2D eigenvalue weighted by Gasteiger charge is 2.30. The predicted molar refractivity (Wildman–Crippen MR) is 99.7 cm³/mol. The number of aliphatic carboxylic acids is 1. The van der Waals surface area contributed by atoms with Crippen LogP contribution in [0.1, 0.15) is 40.9 Å². The molecule has 3 rings (SSSR count). The van der Waals surface area contributed by atoms with E-state index in [2.05, 4.69) is 15.9 Å². The molecule has 0 spiro atoms. The summed E-state index contributed by atoms with van der Waals surface area (Å²) in [6.45, 7) is 1.48. The SMILES string of the molecule is C/C(=C\Cc1c(O)ccc2c1OC(c1ccc(Br)cc1)CC2=O)C(=O)O. The van der Waals surface area contributed by atoms with Crippen LogP contribution in [-0.2, 0) is 11.2 Å². The predicted octanol–water partition coefficient (Wildman–Crippen LogP) is 4.43. The summed E-state index contributed by atoms with van der Waals surface area (Å²) < 4.78 is 6.99. The molecule has 1 unspecified atom stereocenters. The fourth-order valence-electron chi connectivity index (χ4n) is 2.84. The minimum absolute atomic E-state index is 0.0255. The van der Waals surface area contributed by atoms with Crippen molar-refractivity contribution in [3.8, 4) is 11.5 Å². The zero-order chi connectivity index (χ0) is 18.8. The van der Waals surface area contributed by atoms with Crippen molar-refractivity contribution in [3.05, 3.63) is 69.2 Å². The second-order valence-electron chi connectivity index (χ2n) is 6.12. The number of carbonyl (C=O) groups is 2. The Bertz CT molecular complexity index is 899. The Hall–Kier alpha value is -2.60. The molecule has 0 saturated carbocycles. The summed E-state index contributed by atoms with van der Waals surface area (Å²) in [5, 5.41) is 19.2. The topological polar surface area (TPSA) is 83.8 Å². The first kappa shape index (κ1) is 18.2. The van der Waals surface area contributed by atoms with Crippen LogP contribution in [0.3, 0.4) is 0 Å². The van der Waals surface area contributed by atoms with Gasteiger partial charge in [-0.1, -0.05) is 34.1 Å². The molecule has 0 amide bonds. The number of fused-ring (bicyclic) bond motifs is 1. The molecule has 0 radical (unpaired) electrons. The van der Waals surface area contributed by atoms with Crippen LogP contribution >= 0.6 is 15.9 Å². The summed E-state index contributed by atoms with van der Waals surface area (Å²) in [7, 11) is 0. The molecule has 0 aliphatic carbocycles. The third kappa shape index (κ3) is 3.65. The van der Waals surface area contributed by atoms with Crippen LogP contribution in [0.5, 0.6) is 11.5 Å². The molecular weight excluding hydrogens is 400 g/mol. The smallest absolute Gasteiger partial charge is 0.330 e. The van der Waals surface area contributed by atoms with Gasteiger partial charge in [0.2, 0.25) is 0 Å². The van der Waals surface area contributed by atoms with E-state index >= 15 is 0 Å². The van der Waals surface area contributed by atoms with E-state index in [-0.39, 0.29) is 29.9 Å². The van der Waals surface area contributed by atoms with Crippen LogP contribution < -0.4 is 4.74 Å². The molecule has 0 aromatic heterocycles. The van der Waals surface area contributed by atoms with Gasteiger partial charge in [0.15, 0.2) is 5.78 Å². The Morgan fingerprint density at radius 2 is 1.96 bits per heavy atom. The van der Waals surface area contributed by atoms with Crippen molar-refractivity contribution in [2.45, 2.75) is 25.9 Å². The lowest BCUT2D eigenvalue weighted by Gasteiger charge is -2.27. The van der Waals surface area contributed by atoms with Crippen LogP contribution in [0.4, 0.5) is 0 Å². The number of ketones is 1. The van der Waals surface area contributed by atoms with Crippen molar-refractivity contribution in [3.63, 3.8) is 0 Å². The number of rotatable bonds is 4. The molecular formula is C20H17BrO5. The first-order chi connectivity index (χ1) is 12.4. The van der Waals surface area contributed by atoms with Crippen molar-refractivity contribution < 1.29 is 24.5 Å². The van der Waals surface area contributed by atoms with Crippen LogP contribution in [-0.4, -0.2) is 22.0 Å². The number of hydrogen-bond donors (Lipinski definition) is 2. The van der Waals surface area contributed by atoms with E-state index < -0.39 is 12.1 Å². The van der Waals surface area contributed by atoms with E-state index in [1.165, 1.54) is 19.1 Å². The zero-order valence-electron chi connectivity index (χ0n) is 14.0. The highest BCUT2D eigenvalue weighted by molar-refractivity contribution is 9.10. The van der Waals surface area contributed by atoms with Crippen LogP contribution in [0.15, 0.2) is 52.5 Å². The summed E-state index contributed by atoms with van der Waals surface area (Å²) in [5.74, 6) is -0.801. The van der Waals surface area contributed by atoms with Gasteiger partial charge in [-0.15, -0.1) is 0 Å². The largest absolute Gasteiger partial charge is 0.508 e. The standard InChI is InChI=1S/C20H17BrO5/c1-11(20(24)25)2-7-14-16(22)9-8-15-17(23)10-18(26-19(14)15)12-3-5-13(21)6-4-12/h2-6,8-9,18,22H,7,10H2,1H3,(H,24,25)/b11-2+. The molecule has 1 aliphatic heterocycles. The molecule has 0 fully saturated rings. The average Bonchev–Trinajstić information content (AvgIpc) is 2.61. The maximum atomic E-state index is 12.6. The molecule has 1 atom stereocenters. The molecule has 6 heteroatoms. The fourth-order valence-corrected chi connectivity index (χ4v) is 3.10. The second kappa shape index (κ2) is 7.33. The summed E-state index contributed by atoms with van der Waals surface area (Å²) in [6, 6.07) is 10.5. The molecule has 2 aromatic carbocycles. The highest BCUT2D eigenvalue weighted by atomic mass is 79.9. The number of halogens is 1. The molecule has 26 heavy (non-hydrogen) atoms. The van der Waals surface area contributed by atoms with E-state index in [9.17, 15) is 14.7 Å². The van der Waals surface area contributed by atoms with Gasteiger partial charge in [-0.05, 0) is 43.2 Å². The Morgan fingerprint density at radius 1 is 1.27 bits per heavy atom. The molecule has 1 heterocycles. The lowest BCUT2D eigenvalue weighted by atomic mass is 9.93. The van der Waals surface area contributed by atoms with Gasteiger partial charge >= 0.3 is 5.97 Å². The normalized spacial score (nSPS) is 16.8. The minimum Gasteiger partial charge on any atom is -0.508 e. The van der Waals surface area contributed by atoms with E-state index in [0.29, 0.717) is 16.9 Å². The Kier molecular flexibility index (Phi) is 5.13. The van der Waals surface area contributed by atoms with Gasteiger partial charge in [-0.3, -0.25) is 4.79 Å². The fraction of sp³-hybridized carbons (Fsp3) is 0.200. The van der Waals surface area contributed by atoms with Gasteiger partial charge in [0.05, 0.1) is 12.0 Å². The number of phenols is 1. The minimum atomic E-state index is -1.03. The number of carboxylic acid groups (broad SMARTS) is 1. The number of phenolic OH excluding ortho intramolecular Hbond substituents is 1. The molecule has 1 aliphatic rings. The number of ether oxygens (including phenoxy) is 1. The van der Waals surface area contributed by atoms with E-state index in [1.54, 1.807) is 6.07 Å². The third-order valence-corrected chi connectivity index (χ3v) is 4.89. The number of carboxylic acids is 1. The zero-order valence-corrected chi connectivity index (χ0v) is 15.6. The van der Waals surface area contributed by atoms with E-state index in [1.807, 2.05) is 24.3 Å². The lowest BCUT2D eigenvalue weighted by Crippen LogP contribution is -2.21. The third-order valence-electron chi connectivity index (χ3n) is 4.36. The van der Waals surface area contributed by atoms with E-state index in [4.69, 9.17) is 9.84 Å². The number of allylic oxidation sites excluding steroid dienone is 1. The van der Waals surface area contributed by atoms with Gasteiger partial charge in [-0.2, -0.15) is 0 Å². The number of aromatic hydroxyl groups is 1.